The van der Waals surface area contributed by atoms with Gasteiger partial charge in [0.25, 0.3) is 0 Å². The van der Waals surface area contributed by atoms with E-state index < -0.39 is 5.97 Å². The Balaban J connectivity index is 1.55. The molecule has 0 saturated heterocycles. The Morgan fingerprint density at radius 3 is 2.63 bits per heavy atom. The first-order valence-electron chi connectivity index (χ1n) is 8.06. The predicted octanol–water partition coefficient (Wildman–Crippen LogP) is 5.17. The third kappa shape index (κ3) is 3.64. The van der Waals surface area contributed by atoms with Crippen molar-refractivity contribution in [3.63, 3.8) is 0 Å². The van der Waals surface area contributed by atoms with Gasteiger partial charge in [0.1, 0.15) is 16.8 Å². The standard InChI is InChI=1S/C21H12N2O3S/c22-13-15(20-23-17-4-1-2-6-19(17)27-20)12-14-7-9-16(10-8-14)26-21(24)18-5-3-11-25-18/h1-12H/b15-12+. The van der Waals surface area contributed by atoms with E-state index in [1.54, 1.807) is 36.4 Å². The average Bonchev–Trinajstić information content (AvgIpc) is 3.37. The van der Waals surface area contributed by atoms with Gasteiger partial charge >= 0.3 is 5.97 Å². The number of ether oxygens (including phenoxy) is 1. The fraction of sp³-hybridized carbons (Fsp3) is 0. The van der Waals surface area contributed by atoms with Crippen molar-refractivity contribution in [2.45, 2.75) is 0 Å². The molecule has 0 radical (unpaired) electrons. The number of nitrogens with zero attached hydrogens (tertiary/aromatic N) is 2. The molecular formula is C21H12N2O3S. The Labute approximate surface area is 158 Å². The lowest BCUT2D eigenvalue weighted by Crippen LogP contribution is -2.06. The monoisotopic (exact) mass is 372 g/mol. The first-order chi connectivity index (χ1) is 13.2. The second-order valence-electron chi connectivity index (χ2n) is 5.59. The first-order valence-corrected chi connectivity index (χ1v) is 8.88. The van der Waals surface area contributed by atoms with Gasteiger partial charge in [-0.2, -0.15) is 5.26 Å². The van der Waals surface area contributed by atoms with E-state index in [4.69, 9.17) is 9.15 Å². The molecule has 0 aliphatic carbocycles. The molecule has 2 aromatic heterocycles. The van der Waals surface area contributed by atoms with Crippen molar-refractivity contribution < 1.29 is 13.9 Å². The molecule has 4 rings (SSSR count). The molecule has 0 aliphatic rings. The second kappa shape index (κ2) is 7.28. The summed E-state index contributed by atoms with van der Waals surface area (Å²) in [6.45, 7) is 0. The van der Waals surface area contributed by atoms with Crippen LogP contribution >= 0.6 is 11.3 Å². The topological polar surface area (TPSA) is 76.1 Å². The van der Waals surface area contributed by atoms with E-state index in [0.29, 0.717) is 16.3 Å². The highest BCUT2D eigenvalue weighted by atomic mass is 32.1. The number of carbonyl (C=O) groups excluding carboxylic acids is 1. The van der Waals surface area contributed by atoms with Crippen molar-refractivity contribution >= 4 is 39.2 Å². The van der Waals surface area contributed by atoms with Gasteiger partial charge in [-0.3, -0.25) is 0 Å². The summed E-state index contributed by atoms with van der Waals surface area (Å²) in [5, 5.41) is 10.2. The van der Waals surface area contributed by atoms with E-state index in [-0.39, 0.29) is 5.76 Å². The SMILES string of the molecule is N#C/C(=C\c1ccc(OC(=O)c2ccco2)cc1)c1nc2ccccc2s1. The summed E-state index contributed by atoms with van der Waals surface area (Å²) < 4.78 is 11.3. The number of esters is 1. The number of fused-ring (bicyclic) bond motifs is 1. The van der Waals surface area contributed by atoms with Gasteiger partial charge in [0.05, 0.1) is 22.1 Å². The molecular weight excluding hydrogens is 360 g/mol. The van der Waals surface area contributed by atoms with Crippen LogP contribution < -0.4 is 4.74 Å². The summed E-state index contributed by atoms with van der Waals surface area (Å²) in [4.78, 5) is 16.4. The van der Waals surface area contributed by atoms with Crippen LogP contribution in [0.15, 0.2) is 71.3 Å². The lowest BCUT2D eigenvalue weighted by molar-refractivity contribution is 0.0701. The Bertz CT molecular complexity index is 1130. The predicted molar refractivity (Wildman–Crippen MR) is 103 cm³/mol. The second-order valence-corrected chi connectivity index (χ2v) is 6.62. The summed E-state index contributed by atoms with van der Waals surface area (Å²) in [7, 11) is 0. The molecule has 5 nitrogen and oxygen atoms in total. The molecule has 0 saturated carbocycles. The Morgan fingerprint density at radius 1 is 1.11 bits per heavy atom. The number of carbonyl (C=O) groups is 1. The van der Waals surface area contributed by atoms with Crippen LogP contribution in [0, 0.1) is 11.3 Å². The van der Waals surface area contributed by atoms with Gasteiger partial charge < -0.3 is 9.15 Å². The fourth-order valence-corrected chi connectivity index (χ4v) is 3.41. The normalized spacial score (nSPS) is 11.3. The smallest absolute Gasteiger partial charge is 0.379 e. The summed E-state index contributed by atoms with van der Waals surface area (Å²) in [5.74, 6) is -0.0240. The van der Waals surface area contributed by atoms with E-state index in [1.807, 2.05) is 24.3 Å². The van der Waals surface area contributed by atoms with Gasteiger partial charge in [-0.05, 0) is 48.0 Å². The van der Waals surface area contributed by atoms with Crippen molar-refractivity contribution in [1.29, 1.82) is 5.26 Å². The van der Waals surface area contributed by atoms with E-state index in [0.717, 1.165) is 15.8 Å². The Morgan fingerprint density at radius 2 is 1.93 bits per heavy atom. The number of hydrogen-bond acceptors (Lipinski definition) is 6. The molecule has 27 heavy (non-hydrogen) atoms. The number of rotatable bonds is 4. The molecule has 0 aliphatic heterocycles. The van der Waals surface area contributed by atoms with Crippen LogP contribution in [-0.2, 0) is 0 Å². The van der Waals surface area contributed by atoms with E-state index in [9.17, 15) is 10.1 Å². The van der Waals surface area contributed by atoms with Crippen molar-refractivity contribution in [3.8, 4) is 11.8 Å². The fourth-order valence-electron chi connectivity index (χ4n) is 2.48. The molecule has 0 fully saturated rings. The third-order valence-corrected chi connectivity index (χ3v) is 4.84. The molecule has 0 spiro atoms. The van der Waals surface area contributed by atoms with Crippen molar-refractivity contribution in [3.05, 3.63) is 83.3 Å². The number of benzene rings is 2. The van der Waals surface area contributed by atoms with Gasteiger partial charge in [-0.25, -0.2) is 9.78 Å². The number of hydrogen-bond donors (Lipinski definition) is 0. The maximum Gasteiger partial charge on any atom is 0.379 e. The zero-order valence-corrected chi connectivity index (χ0v) is 14.8. The first kappa shape index (κ1) is 16.8. The van der Waals surface area contributed by atoms with E-state index in [2.05, 4.69) is 11.1 Å². The molecule has 0 N–H and O–H groups in total. The molecule has 0 atom stereocenters. The Hall–Kier alpha value is -3.69. The lowest BCUT2D eigenvalue weighted by atomic mass is 10.1. The molecule has 6 heteroatoms. The summed E-state index contributed by atoms with van der Waals surface area (Å²) >= 11 is 1.48. The molecule has 0 unspecified atom stereocenters. The van der Waals surface area contributed by atoms with E-state index in [1.165, 1.54) is 23.7 Å². The number of aromatic nitrogens is 1. The van der Waals surface area contributed by atoms with Crippen LogP contribution in [-0.4, -0.2) is 11.0 Å². The number of para-hydroxylation sites is 1. The minimum Gasteiger partial charge on any atom is -0.457 e. The van der Waals surface area contributed by atoms with Crippen molar-refractivity contribution in [2.24, 2.45) is 0 Å². The number of allylic oxidation sites excluding steroid dienone is 1. The highest BCUT2D eigenvalue weighted by Crippen LogP contribution is 2.28. The highest BCUT2D eigenvalue weighted by Gasteiger charge is 2.11. The summed E-state index contributed by atoms with van der Waals surface area (Å²) in [5.41, 5.74) is 2.17. The quantitative estimate of drug-likeness (QED) is 0.280. The van der Waals surface area contributed by atoms with Gasteiger partial charge in [0, 0.05) is 0 Å². The summed E-state index contributed by atoms with van der Waals surface area (Å²) in [6, 6.07) is 20.0. The van der Waals surface area contributed by atoms with Gasteiger partial charge in [0.2, 0.25) is 5.76 Å². The van der Waals surface area contributed by atoms with Crippen molar-refractivity contribution in [2.75, 3.05) is 0 Å². The van der Waals surface area contributed by atoms with Gasteiger partial charge in [0.15, 0.2) is 0 Å². The van der Waals surface area contributed by atoms with Crippen LogP contribution in [0.4, 0.5) is 0 Å². The lowest BCUT2D eigenvalue weighted by Gasteiger charge is -2.02. The molecule has 0 bridgehead atoms. The maximum absolute atomic E-state index is 11.9. The highest BCUT2D eigenvalue weighted by molar-refractivity contribution is 7.19. The van der Waals surface area contributed by atoms with Crippen LogP contribution in [0.25, 0.3) is 21.9 Å². The van der Waals surface area contributed by atoms with Crippen LogP contribution in [0.3, 0.4) is 0 Å². The zero-order chi connectivity index (χ0) is 18.6. The van der Waals surface area contributed by atoms with E-state index >= 15 is 0 Å². The number of nitriles is 1. The zero-order valence-electron chi connectivity index (χ0n) is 14.0. The molecule has 130 valence electrons. The third-order valence-electron chi connectivity index (χ3n) is 3.77. The molecule has 0 amide bonds. The van der Waals surface area contributed by atoms with Crippen LogP contribution in [0.1, 0.15) is 21.1 Å². The molecule has 2 heterocycles. The molecule has 4 aromatic rings. The maximum atomic E-state index is 11.9. The van der Waals surface area contributed by atoms with Gasteiger partial charge in [-0.15, -0.1) is 11.3 Å². The summed E-state index contributed by atoms with van der Waals surface area (Å²) in [6.07, 6.45) is 3.17. The minimum absolute atomic E-state index is 0.140. The minimum atomic E-state index is -0.560. The van der Waals surface area contributed by atoms with Crippen LogP contribution in [0.5, 0.6) is 5.75 Å². The number of thiazole rings is 1. The largest absolute Gasteiger partial charge is 0.457 e. The van der Waals surface area contributed by atoms with Crippen LogP contribution in [0.2, 0.25) is 0 Å². The number of furan rings is 1. The van der Waals surface area contributed by atoms with Gasteiger partial charge in [-0.1, -0.05) is 24.3 Å². The Kier molecular flexibility index (Phi) is 4.52. The van der Waals surface area contributed by atoms with Crippen molar-refractivity contribution in [1.82, 2.24) is 4.98 Å². The molecule has 2 aromatic carbocycles. The average molecular weight is 372 g/mol.